The highest BCUT2D eigenvalue weighted by Gasteiger charge is 2.19. The van der Waals surface area contributed by atoms with E-state index in [-0.39, 0.29) is 5.91 Å². The molecule has 0 aromatic carbocycles. The molecule has 1 amide bonds. The fourth-order valence-corrected chi connectivity index (χ4v) is 1.99. The van der Waals surface area contributed by atoms with Crippen LogP contribution in [-0.4, -0.2) is 36.5 Å². The van der Waals surface area contributed by atoms with Crippen LogP contribution in [0.25, 0.3) is 0 Å². The van der Waals surface area contributed by atoms with Crippen LogP contribution in [0.3, 0.4) is 0 Å². The molecule has 3 nitrogen and oxygen atoms in total. The minimum absolute atomic E-state index is 0.146. The van der Waals surface area contributed by atoms with Crippen LogP contribution >= 0.6 is 0 Å². The van der Waals surface area contributed by atoms with Gasteiger partial charge in [0, 0.05) is 19.1 Å². The maximum absolute atomic E-state index is 11.7. The highest BCUT2D eigenvalue weighted by atomic mass is 16.2. The number of amides is 1. The third-order valence-electron chi connectivity index (χ3n) is 2.72. The lowest BCUT2D eigenvalue weighted by Crippen LogP contribution is -2.40. The highest BCUT2D eigenvalue weighted by molar-refractivity contribution is 5.87. The minimum atomic E-state index is 0.146. The van der Waals surface area contributed by atoms with Crippen molar-refractivity contribution in [1.82, 2.24) is 10.2 Å². The molecule has 1 aliphatic rings. The summed E-state index contributed by atoms with van der Waals surface area (Å²) in [5, 5.41) is 3.42. The first-order valence-electron chi connectivity index (χ1n) is 5.93. The molecule has 1 rings (SSSR count). The maximum atomic E-state index is 11.7. The standard InChI is InChI=1S/C12H22N2O/c1-3-6-12(15)14(9-4-2)10-11-7-5-8-13-11/h3,6,11,13H,4-5,7-10H2,1-2H3/b6-3+. The van der Waals surface area contributed by atoms with E-state index in [2.05, 4.69) is 12.2 Å². The van der Waals surface area contributed by atoms with Gasteiger partial charge in [0.25, 0.3) is 0 Å². The second kappa shape index (κ2) is 6.62. The Kier molecular flexibility index (Phi) is 5.40. The Balaban J connectivity index is 2.44. The van der Waals surface area contributed by atoms with Crippen LogP contribution < -0.4 is 5.32 Å². The first-order valence-corrected chi connectivity index (χ1v) is 5.93. The van der Waals surface area contributed by atoms with Crippen LogP contribution in [0.2, 0.25) is 0 Å². The van der Waals surface area contributed by atoms with Gasteiger partial charge in [0.1, 0.15) is 0 Å². The van der Waals surface area contributed by atoms with E-state index in [0.29, 0.717) is 6.04 Å². The third kappa shape index (κ3) is 4.04. The summed E-state index contributed by atoms with van der Waals surface area (Å²) >= 11 is 0. The smallest absolute Gasteiger partial charge is 0.246 e. The van der Waals surface area contributed by atoms with Gasteiger partial charge < -0.3 is 10.2 Å². The quantitative estimate of drug-likeness (QED) is 0.698. The Morgan fingerprint density at radius 3 is 2.93 bits per heavy atom. The fraction of sp³-hybridized carbons (Fsp3) is 0.750. The van der Waals surface area contributed by atoms with Crippen molar-refractivity contribution in [1.29, 1.82) is 0 Å². The van der Waals surface area contributed by atoms with Crippen LogP contribution in [0.1, 0.15) is 33.1 Å². The second-order valence-electron chi connectivity index (χ2n) is 4.08. The third-order valence-corrected chi connectivity index (χ3v) is 2.72. The summed E-state index contributed by atoms with van der Waals surface area (Å²) in [6.07, 6.45) is 6.93. The summed E-state index contributed by atoms with van der Waals surface area (Å²) < 4.78 is 0. The SMILES string of the molecule is C/C=C/C(=O)N(CCC)CC1CCCN1. The van der Waals surface area contributed by atoms with Crippen LogP contribution in [-0.2, 0) is 4.79 Å². The van der Waals surface area contributed by atoms with Crippen LogP contribution in [0, 0.1) is 0 Å². The van der Waals surface area contributed by atoms with Crippen molar-refractivity contribution in [2.45, 2.75) is 39.2 Å². The Hall–Kier alpha value is -0.830. The molecule has 0 radical (unpaired) electrons. The molecule has 1 unspecified atom stereocenters. The van der Waals surface area contributed by atoms with Gasteiger partial charge in [0.05, 0.1) is 0 Å². The molecule has 0 aromatic rings. The lowest BCUT2D eigenvalue weighted by atomic mass is 10.2. The fourth-order valence-electron chi connectivity index (χ4n) is 1.99. The van der Waals surface area contributed by atoms with Gasteiger partial charge in [-0.2, -0.15) is 0 Å². The van der Waals surface area contributed by atoms with Gasteiger partial charge in [-0.1, -0.05) is 13.0 Å². The van der Waals surface area contributed by atoms with Gasteiger partial charge in [-0.3, -0.25) is 4.79 Å². The molecule has 1 heterocycles. The Morgan fingerprint density at radius 1 is 1.60 bits per heavy atom. The van der Waals surface area contributed by atoms with Crippen molar-refractivity contribution < 1.29 is 4.79 Å². The van der Waals surface area contributed by atoms with Gasteiger partial charge in [0.2, 0.25) is 5.91 Å². The zero-order chi connectivity index (χ0) is 11.1. The van der Waals surface area contributed by atoms with Crippen LogP contribution in [0.5, 0.6) is 0 Å². The molecule has 1 atom stereocenters. The van der Waals surface area contributed by atoms with E-state index in [9.17, 15) is 4.79 Å². The largest absolute Gasteiger partial charge is 0.338 e. The minimum Gasteiger partial charge on any atom is -0.338 e. The molecule has 0 spiro atoms. The predicted octanol–water partition coefficient (Wildman–Crippen LogP) is 1.55. The molecule has 1 saturated heterocycles. The van der Waals surface area contributed by atoms with Gasteiger partial charge >= 0.3 is 0 Å². The summed E-state index contributed by atoms with van der Waals surface area (Å²) in [6.45, 7) is 6.81. The molecule has 86 valence electrons. The average molecular weight is 210 g/mol. The molecule has 0 saturated carbocycles. The summed E-state index contributed by atoms with van der Waals surface area (Å²) in [5.74, 6) is 0.146. The number of hydrogen-bond donors (Lipinski definition) is 1. The molecule has 1 fully saturated rings. The summed E-state index contributed by atoms with van der Waals surface area (Å²) in [6, 6.07) is 0.505. The van der Waals surface area contributed by atoms with Crippen molar-refractivity contribution in [3.8, 4) is 0 Å². The molecule has 15 heavy (non-hydrogen) atoms. The van der Waals surface area contributed by atoms with Crippen molar-refractivity contribution in [2.75, 3.05) is 19.6 Å². The summed E-state index contributed by atoms with van der Waals surface area (Å²) in [4.78, 5) is 13.7. The second-order valence-corrected chi connectivity index (χ2v) is 4.08. The number of nitrogens with zero attached hydrogens (tertiary/aromatic N) is 1. The number of carbonyl (C=O) groups is 1. The molecule has 3 heteroatoms. The molecule has 1 N–H and O–H groups in total. The van der Waals surface area contributed by atoms with E-state index in [0.717, 1.165) is 26.1 Å². The van der Waals surface area contributed by atoms with E-state index in [1.807, 2.05) is 17.9 Å². The lowest BCUT2D eigenvalue weighted by Gasteiger charge is -2.24. The number of carbonyl (C=O) groups excluding carboxylic acids is 1. The van der Waals surface area contributed by atoms with Crippen molar-refractivity contribution in [2.24, 2.45) is 0 Å². The lowest BCUT2D eigenvalue weighted by molar-refractivity contribution is -0.126. The van der Waals surface area contributed by atoms with Crippen molar-refractivity contribution in [3.63, 3.8) is 0 Å². The molecular weight excluding hydrogens is 188 g/mol. The molecule has 1 aliphatic heterocycles. The first-order chi connectivity index (χ1) is 7.27. The van der Waals surface area contributed by atoms with E-state index >= 15 is 0 Å². The Bertz CT molecular complexity index is 220. The van der Waals surface area contributed by atoms with E-state index in [1.54, 1.807) is 6.08 Å². The number of hydrogen-bond acceptors (Lipinski definition) is 2. The molecule has 0 aliphatic carbocycles. The zero-order valence-corrected chi connectivity index (χ0v) is 9.83. The van der Waals surface area contributed by atoms with Gasteiger partial charge in [-0.15, -0.1) is 0 Å². The van der Waals surface area contributed by atoms with E-state index < -0.39 is 0 Å². The summed E-state index contributed by atoms with van der Waals surface area (Å²) in [7, 11) is 0. The number of nitrogens with one attached hydrogen (secondary N) is 1. The molecule has 0 bridgehead atoms. The topological polar surface area (TPSA) is 32.3 Å². The van der Waals surface area contributed by atoms with Crippen LogP contribution in [0.15, 0.2) is 12.2 Å². The Morgan fingerprint density at radius 2 is 2.40 bits per heavy atom. The Labute approximate surface area is 92.5 Å². The van der Waals surface area contributed by atoms with Gasteiger partial charge in [0.15, 0.2) is 0 Å². The number of allylic oxidation sites excluding steroid dienone is 1. The van der Waals surface area contributed by atoms with E-state index in [1.165, 1.54) is 12.8 Å². The normalized spacial score (nSPS) is 21.1. The first kappa shape index (κ1) is 12.2. The van der Waals surface area contributed by atoms with Gasteiger partial charge in [-0.25, -0.2) is 0 Å². The number of rotatable bonds is 5. The predicted molar refractivity (Wildman–Crippen MR) is 62.7 cm³/mol. The van der Waals surface area contributed by atoms with Crippen molar-refractivity contribution >= 4 is 5.91 Å². The van der Waals surface area contributed by atoms with Crippen LogP contribution in [0.4, 0.5) is 0 Å². The monoisotopic (exact) mass is 210 g/mol. The van der Waals surface area contributed by atoms with Crippen molar-refractivity contribution in [3.05, 3.63) is 12.2 Å². The maximum Gasteiger partial charge on any atom is 0.246 e. The zero-order valence-electron chi connectivity index (χ0n) is 9.83. The average Bonchev–Trinajstić information content (AvgIpc) is 2.70. The van der Waals surface area contributed by atoms with E-state index in [4.69, 9.17) is 0 Å². The summed E-state index contributed by atoms with van der Waals surface area (Å²) in [5.41, 5.74) is 0. The highest BCUT2D eigenvalue weighted by Crippen LogP contribution is 2.07. The molecule has 0 aromatic heterocycles. The van der Waals surface area contributed by atoms with Gasteiger partial charge in [-0.05, 0) is 38.8 Å². The molecular formula is C12H22N2O.